The standard InChI is InChI=1S/C24H26N2O7S/c1-34(29,30)32-17-21-15-26(24(28)33-21)20-12-10-19(11-13-20)22-9-5-6-14-25(22)23(27)31-16-18-7-3-2-4-8-18/h2-8,10-13,21-22H,9,14-17H2,1H3/t21?,22-/m1/s1. The van der Waals surface area contributed by atoms with E-state index in [2.05, 4.69) is 0 Å². The Morgan fingerprint density at radius 1 is 1.09 bits per heavy atom. The van der Waals surface area contributed by atoms with Gasteiger partial charge in [-0.1, -0.05) is 54.6 Å². The Hall–Kier alpha value is -3.37. The van der Waals surface area contributed by atoms with Gasteiger partial charge in [-0.2, -0.15) is 8.42 Å². The van der Waals surface area contributed by atoms with E-state index in [0.29, 0.717) is 18.7 Å². The smallest absolute Gasteiger partial charge is 0.414 e. The molecule has 2 amide bonds. The third kappa shape index (κ3) is 5.95. The van der Waals surface area contributed by atoms with E-state index in [-0.39, 0.29) is 31.9 Å². The highest BCUT2D eigenvalue weighted by Gasteiger charge is 2.34. The molecule has 0 N–H and O–H groups in total. The molecule has 2 heterocycles. The molecule has 34 heavy (non-hydrogen) atoms. The van der Waals surface area contributed by atoms with Crippen molar-refractivity contribution in [3.63, 3.8) is 0 Å². The lowest BCUT2D eigenvalue weighted by molar-refractivity contribution is 0.0832. The van der Waals surface area contributed by atoms with E-state index in [0.717, 1.165) is 17.4 Å². The van der Waals surface area contributed by atoms with E-state index in [9.17, 15) is 18.0 Å². The van der Waals surface area contributed by atoms with Crippen molar-refractivity contribution in [2.45, 2.75) is 25.2 Å². The van der Waals surface area contributed by atoms with Crippen molar-refractivity contribution in [1.82, 2.24) is 4.90 Å². The van der Waals surface area contributed by atoms with Crippen LogP contribution in [-0.4, -0.2) is 57.6 Å². The summed E-state index contributed by atoms with van der Waals surface area (Å²) in [4.78, 5) is 28.1. The van der Waals surface area contributed by atoms with Gasteiger partial charge in [-0.05, 0) is 29.7 Å². The largest absolute Gasteiger partial charge is 0.445 e. The lowest BCUT2D eigenvalue weighted by atomic mass is 9.99. The lowest BCUT2D eigenvalue weighted by Crippen LogP contribution is -2.37. The van der Waals surface area contributed by atoms with Gasteiger partial charge < -0.3 is 9.47 Å². The highest BCUT2D eigenvalue weighted by atomic mass is 32.2. The Kier molecular flexibility index (Phi) is 7.18. The molecule has 0 spiro atoms. The fraction of sp³-hybridized carbons (Fsp3) is 0.333. The number of carbonyl (C=O) groups excluding carboxylic acids is 2. The SMILES string of the molecule is CS(=O)(=O)OCC1CN(c2ccc([C@H]3CC=CCN3C(=O)OCc3ccccc3)cc2)C(=O)O1. The van der Waals surface area contributed by atoms with E-state index in [4.69, 9.17) is 13.7 Å². The van der Waals surface area contributed by atoms with Gasteiger partial charge in [0.1, 0.15) is 19.3 Å². The van der Waals surface area contributed by atoms with Crippen LogP contribution < -0.4 is 4.90 Å². The van der Waals surface area contributed by atoms with Gasteiger partial charge >= 0.3 is 12.2 Å². The molecular formula is C24H26N2O7S. The first-order chi connectivity index (χ1) is 16.3. The lowest BCUT2D eigenvalue weighted by Gasteiger charge is -2.32. The first-order valence-electron chi connectivity index (χ1n) is 10.8. The van der Waals surface area contributed by atoms with Crippen molar-refractivity contribution in [3.8, 4) is 0 Å². The summed E-state index contributed by atoms with van der Waals surface area (Å²) in [7, 11) is -3.62. The molecule has 1 saturated heterocycles. The number of cyclic esters (lactones) is 1. The van der Waals surface area contributed by atoms with Gasteiger partial charge in [-0.15, -0.1) is 0 Å². The average molecular weight is 487 g/mol. The number of anilines is 1. The number of hydrogen-bond donors (Lipinski definition) is 0. The van der Waals surface area contributed by atoms with E-state index in [1.54, 1.807) is 17.0 Å². The zero-order valence-electron chi connectivity index (χ0n) is 18.7. The summed E-state index contributed by atoms with van der Waals surface area (Å²) in [5.41, 5.74) is 2.44. The van der Waals surface area contributed by atoms with Crippen LogP contribution in [-0.2, 0) is 30.4 Å². The summed E-state index contributed by atoms with van der Waals surface area (Å²) in [5.74, 6) is 0. The molecule has 1 fully saturated rings. The molecule has 2 aliphatic heterocycles. The number of carbonyl (C=O) groups is 2. The Labute approximate surface area is 198 Å². The summed E-state index contributed by atoms with van der Waals surface area (Å²) >= 11 is 0. The Morgan fingerprint density at radius 2 is 1.82 bits per heavy atom. The van der Waals surface area contributed by atoms with Gasteiger partial charge in [-0.25, -0.2) is 9.59 Å². The molecule has 2 aromatic rings. The molecule has 9 nitrogen and oxygen atoms in total. The number of amides is 2. The highest BCUT2D eigenvalue weighted by Crippen LogP contribution is 2.31. The maximum absolute atomic E-state index is 12.8. The number of ether oxygens (including phenoxy) is 2. The first-order valence-corrected chi connectivity index (χ1v) is 12.7. The van der Waals surface area contributed by atoms with Crippen LogP contribution in [0, 0.1) is 0 Å². The summed E-state index contributed by atoms with van der Waals surface area (Å²) < 4.78 is 37.8. The molecule has 0 radical (unpaired) electrons. The molecule has 180 valence electrons. The summed E-state index contributed by atoms with van der Waals surface area (Å²) in [5, 5.41) is 0. The number of hydrogen-bond acceptors (Lipinski definition) is 7. The van der Waals surface area contributed by atoms with Crippen molar-refractivity contribution < 1.29 is 31.7 Å². The van der Waals surface area contributed by atoms with Gasteiger partial charge in [0.15, 0.2) is 0 Å². The zero-order chi connectivity index (χ0) is 24.1. The minimum Gasteiger partial charge on any atom is -0.445 e. The Bertz CT molecular complexity index is 1150. The fourth-order valence-electron chi connectivity index (χ4n) is 3.88. The highest BCUT2D eigenvalue weighted by molar-refractivity contribution is 7.85. The molecule has 0 aliphatic carbocycles. The summed E-state index contributed by atoms with van der Waals surface area (Å²) in [6.45, 7) is 0.596. The Morgan fingerprint density at radius 3 is 2.53 bits per heavy atom. The number of nitrogens with zero attached hydrogens (tertiary/aromatic N) is 2. The Balaban J connectivity index is 1.40. The van der Waals surface area contributed by atoms with E-state index >= 15 is 0 Å². The first kappa shape index (κ1) is 23.8. The maximum Gasteiger partial charge on any atom is 0.414 e. The van der Waals surface area contributed by atoms with Crippen LogP contribution in [0.25, 0.3) is 0 Å². The van der Waals surface area contributed by atoms with Crippen molar-refractivity contribution in [2.75, 3.05) is 30.9 Å². The number of benzene rings is 2. The average Bonchev–Trinajstić information content (AvgIpc) is 3.22. The second-order valence-electron chi connectivity index (χ2n) is 8.11. The van der Waals surface area contributed by atoms with Crippen LogP contribution in [0.5, 0.6) is 0 Å². The minimum atomic E-state index is -3.62. The maximum atomic E-state index is 12.8. The normalized spacial score (nSPS) is 20.3. The number of rotatable bonds is 7. The monoisotopic (exact) mass is 486 g/mol. The van der Waals surface area contributed by atoms with Gasteiger partial charge in [-0.3, -0.25) is 14.0 Å². The quantitative estimate of drug-likeness (QED) is 0.435. The van der Waals surface area contributed by atoms with Gasteiger partial charge in [0.05, 0.1) is 18.8 Å². The van der Waals surface area contributed by atoms with Gasteiger partial charge in [0.2, 0.25) is 0 Å². The van der Waals surface area contributed by atoms with E-state index < -0.39 is 22.3 Å². The second kappa shape index (κ2) is 10.3. The molecular weight excluding hydrogens is 460 g/mol. The molecule has 2 aromatic carbocycles. The molecule has 10 heteroatoms. The van der Waals surface area contributed by atoms with Crippen molar-refractivity contribution >= 4 is 28.0 Å². The molecule has 2 aliphatic rings. The molecule has 2 atom stereocenters. The van der Waals surface area contributed by atoms with Crippen LogP contribution in [0.4, 0.5) is 15.3 Å². The van der Waals surface area contributed by atoms with Crippen LogP contribution in [0.3, 0.4) is 0 Å². The van der Waals surface area contributed by atoms with E-state index in [1.807, 2.05) is 54.6 Å². The van der Waals surface area contributed by atoms with Crippen LogP contribution in [0.2, 0.25) is 0 Å². The summed E-state index contributed by atoms with van der Waals surface area (Å²) in [6, 6.07) is 16.6. The predicted molar refractivity (Wildman–Crippen MR) is 125 cm³/mol. The molecule has 4 rings (SSSR count). The molecule has 0 saturated carbocycles. The third-order valence-electron chi connectivity index (χ3n) is 5.58. The van der Waals surface area contributed by atoms with Crippen LogP contribution in [0.1, 0.15) is 23.6 Å². The van der Waals surface area contributed by atoms with E-state index in [1.165, 1.54) is 4.90 Å². The van der Waals surface area contributed by atoms with Crippen molar-refractivity contribution in [3.05, 3.63) is 77.9 Å². The topological polar surface area (TPSA) is 102 Å². The minimum absolute atomic E-state index is 0.178. The van der Waals surface area contributed by atoms with Crippen molar-refractivity contribution in [2.24, 2.45) is 0 Å². The molecule has 0 aromatic heterocycles. The van der Waals surface area contributed by atoms with Gasteiger partial charge in [0, 0.05) is 12.2 Å². The van der Waals surface area contributed by atoms with Crippen molar-refractivity contribution in [1.29, 1.82) is 0 Å². The fourth-order valence-corrected chi connectivity index (χ4v) is 4.28. The summed E-state index contributed by atoms with van der Waals surface area (Å²) in [6.07, 6.45) is 3.93. The zero-order valence-corrected chi connectivity index (χ0v) is 19.5. The van der Waals surface area contributed by atoms with Gasteiger partial charge in [0.25, 0.3) is 10.1 Å². The van der Waals surface area contributed by atoms with Crippen LogP contribution >= 0.6 is 0 Å². The van der Waals surface area contributed by atoms with Crippen LogP contribution in [0.15, 0.2) is 66.7 Å². The predicted octanol–water partition coefficient (Wildman–Crippen LogP) is 3.63. The molecule has 0 bridgehead atoms. The second-order valence-corrected chi connectivity index (χ2v) is 9.76. The molecule has 1 unspecified atom stereocenters. The third-order valence-corrected chi connectivity index (χ3v) is 6.14.